The van der Waals surface area contributed by atoms with Gasteiger partial charge in [-0.25, -0.2) is 0 Å². The van der Waals surface area contributed by atoms with Crippen LogP contribution < -0.4 is 5.32 Å². The van der Waals surface area contributed by atoms with Gasteiger partial charge in [-0.1, -0.05) is 56.5 Å². The van der Waals surface area contributed by atoms with Gasteiger partial charge in [-0.05, 0) is 12.0 Å². The lowest BCUT2D eigenvalue weighted by molar-refractivity contribution is 0.480. The molecule has 0 fully saturated rings. The summed E-state index contributed by atoms with van der Waals surface area (Å²) in [6.07, 6.45) is 11.1. The van der Waals surface area contributed by atoms with Gasteiger partial charge < -0.3 is 5.32 Å². The smallest absolute Gasteiger partial charge is 0.0320 e. The number of unbranched alkanes of at least 4 members (excludes halogenated alkanes) is 2. The van der Waals surface area contributed by atoms with Gasteiger partial charge in [0.1, 0.15) is 0 Å². The second-order valence-corrected chi connectivity index (χ2v) is 4.37. The van der Waals surface area contributed by atoms with Crippen LogP contribution in [0.3, 0.4) is 0 Å². The third kappa shape index (κ3) is 5.56. The van der Waals surface area contributed by atoms with Crippen molar-refractivity contribution in [1.82, 2.24) is 5.32 Å². The molecule has 1 N–H and O–H groups in total. The summed E-state index contributed by atoms with van der Waals surface area (Å²) in [6, 6.07) is 11.1. The van der Waals surface area contributed by atoms with Crippen LogP contribution in [0.15, 0.2) is 30.3 Å². The third-order valence-electron chi connectivity index (χ3n) is 2.96. The molecule has 0 aliphatic heterocycles. The first-order valence-electron chi connectivity index (χ1n) is 6.60. The van der Waals surface area contributed by atoms with Crippen LogP contribution in [0.2, 0.25) is 0 Å². The second-order valence-electron chi connectivity index (χ2n) is 4.37. The quantitative estimate of drug-likeness (QED) is 0.526. The molecule has 0 saturated heterocycles. The Morgan fingerprint density at radius 2 is 2.00 bits per heavy atom. The first-order chi connectivity index (χ1) is 8.38. The van der Waals surface area contributed by atoms with Crippen molar-refractivity contribution in [2.45, 2.75) is 45.1 Å². The Hall–Kier alpha value is -1.26. The lowest BCUT2D eigenvalue weighted by Crippen LogP contribution is -2.22. The minimum absolute atomic E-state index is 0.455. The van der Waals surface area contributed by atoms with Crippen molar-refractivity contribution in [3.63, 3.8) is 0 Å². The van der Waals surface area contributed by atoms with Gasteiger partial charge in [0.2, 0.25) is 0 Å². The molecule has 1 nitrogen and oxygen atoms in total. The fourth-order valence-electron chi connectivity index (χ4n) is 1.99. The van der Waals surface area contributed by atoms with Gasteiger partial charge >= 0.3 is 0 Å². The van der Waals surface area contributed by atoms with E-state index in [0.29, 0.717) is 6.04 Å². The van der Waals surface area contributed by atoms with Crippen LogP contribution in [-0.2, 0) is 0 Å². The van der Waals surface area contributed by atoms with Gasteiger partial charge in [-0.3, -0.25) is 0 Å². The van der Waals surface area contributed by atoms with E-state index in [1.807, 2.05) is 0 Å². The average molecular weight is 229 g/mol. The van der Waals surface area contributed by atoms with E-state index in [4.69, 9.17) is 6.42 Å². The Morgan fingerprint density at radius 1 is 1.24 bits per heavy atom. The predicted molar refractivity (Wildman–Crippen MR) is 74.8 cm³/mol. The molecule has 1 unspecified atom stereocenters. The topological polar surface area (TPSA) is 12.0 Å². The third-order valence-corrected chi connectivity index (χ3v) is 2.96. The van der Waals surface area contributed by atoms with Crippen LogP contribution >= 0.6 is 0 Å². The molecule has 1 heteroatoms. The van der Waals surface area contributed by atoms with Gasteiger partial charge in [0, 0.05) is 19.0 Å². The second kappa shape index (κ2) is 8.84. The van der Waals surface area contributed by atoms with E-state index in [9.17, 15) is 0 Å². The van der Waals surface area contributed by atoms with Crippen molar-refractivity contribution in [3.8, 4) is 12.3 Å². The Labute approximate surface area is 106 Å². The fraction of sp³-hybridized carbons (Fsp3) is 0.500. The molecule has 1 aromatic rings. The molecule has 1 aromatic carbocycles. The molecule has 17 heavy (non-hydrogen) atoms. The summed E-state index contributed by atoms with van der Waals surface area (Å²) in [7, 11) is 0. The summed E-state index contributed by atoms with van der Waals surface area (Å²) < 4.78 is 0. The molecule has 1 atom stereocenters. The van der Waals surface area contributed by atoms with Crippen molar-refractivity contribution >= 4 is 0 Å². The summed E-state index contributed by atoms with van der Waals surface area (Å²) in [6.45, 7) is 3.14. The number of benzene rings is 1. The fourth-order valence-corrected chi connectivity index (χ4v) is 1.99. The average Bonchev–Trinajstić information content (AvgIpc) is 2.38. The highest BCUT2D eigenvalue weighted by Crippen LogP contribution is 2.19. The Bertz CT molecular complexity index is 323. The highest BCUT2D eigenvalue weighted by molar-refractivity contribution is 5.18. The van der Waals surface area contributed by atoms with E-state index in [2.05, 4.69) is 48.5 Å². The predicted octanol–water partition coefficient (Wildman–Crippen LogP) is 3.92. The van der Waals surface area contributed by atoms with Crippen molar-refractivity contribution in [1.29, 1.82) is 0 Å². The number of hydrogen-bond donors (Lipinski definition) is 1. The van der Waals surface area contributed by atoms with Gasteiger partial charge in [0.05, 0.1) is 0 Å². The zero-order chi connectivity index (χ0) is 12.3. The summed E-state index contributed by atoms with van der Waals surface area (Å²) >= 11 is 0. The van der Waals surface area contributed by atoms with Crippen LogP contribution in [0.4, 0.5) is 0 Å². The Balaban J connectivity index is 2.50. The standard InChI is InChI=1S/C16H23N/c1-3-5-8-13-16(17-14-6-4-2)15-11-9-7-10-12-15/h2,7,9-12,16-17H,3,5-6,8,13-14H2,1H3. The Morgan fingerprint density at radius 3 is 2.65 bits per heavy atom. The van der Waals surface area contributed by atoms with Crippen molar-refractivity contribution in [3.05, 3.63) is 35.9 Å². The van der Waals surface area contributed by atoms with Crippen LogP contribution in [0.25, 0.3) is 0 Å². The monoisotopic (exact) mass is 229 g/mol. The van der Waals surface area contributed by atoms with E-state index >= 15 is 0 Å². The number of hydrogen-bond acceptors (Lipinski definition) is 1. The van der Waals surface area contributed by atoms with Crippen molar-refractivity contribution in [2.75, 3.05) is 6.54 Å². The molecule has 0 heterocycles. The number of rotatable bonds is 8. The molecule has 1 rings (SSSR count). The molecule has 0 radical (unpaired) electrons. The molecule has 0 spiro atoms. The Kier molecular flexibility index (Phi) is 7.18. The van der Waals surface area contributed by atoms with E-state index in [0.717, 1.165) is 13.0 Å². The van der Waals surface area contributed by atoms with E-state index < -0.39 is 0 Å². The molecule has 0 saturated carbocycles. The maximum absolute atomic E-state index is 5.29. The zero-order valence-corrected chi connectivity index (χ0v) is 10.8. The molecule has 0 aliphatic rings. The maximum Gasteiger partial charge on any atom is 0.0320 e. The van der Waals surface area contributed by atoms with Crippen LogP contribution in [-0.4, -0.2) is 6.54 Å². The highest BCUT2D eigenvalue weighted by atomic mass is 14.9. The lowest BCUT2D eigenvalue weighted by atomic mass is 10.0. The van der Waals surface area contributed by atoms with Crippen molar-refractivity contribution < 1.29 is 0 Å². The molecule has 0 bridgehead atoms. The van der Waals surface area contributed by atoms with Crippen LogP contribution in [0.5, 0.6) is 0 Å². The molecular formula is C16H23N. The molecule has 92 valence electrons. The lowest BCUT2D eigenvalue weighted by Gasteiger charge is -2.18. The van der Waals surface area contributed by atoms with E-state index in [1.165, 1.54) is 31.2 Å². The van der Waals surface area contributed by atoms with Gasteiger partial charge in [0.15, 0.2) is 0 Å². The molecule has 0 aromatic heterocycles. The van der Waals surface area contributed by atoms with Crippen LogP contribution in [0, 0.1) is 12.3 Å². The van der Waals surface area contributed by atoms with Crippen LogP contribution in [0.1, 0.15) is 50.6 Å². The highest BCUT2D eigenvalue weighted by Gasteiger charge is 2.09. The molecule has 0 amide bonds. The summed E-state index contributed by atoms with van der Waals surface area (Å²) in [5, 5.41) is 3.55. The molecule has 0 aliphatic carbocycles. The number of nitrogens with one attached hydrogen (secondary N) is 1. The summed E-state index contributed by atoms with van der Waals surface area (Å²) in [5.74, 6) is 2.68. The first-order valence-corrected chi connectivity index (χ1v) is 6.60. The van der Waals surface area contributed by atoms with Crippen molar-refractivity contribution in [2.24, 2.45) is 0 Å². The van der Waals surface area contributed by atoms with Gasteiger partial charge in [-0.2, -0.15) is 0 Å². The van der Waals surface area contributed by atoms with Gasteiger partial charge in [0.25, 0.3) is 0 Å². The SMILES string of the molecule is C#CCCNC(CCCCC)c1ccccc1. The molecular weight excluding hydrogens is 206 g/mol. The maximum atomic E-state index is 5.29. The van der Waals surface area contributed by atoms with E-state index in [1.54, 1.807) is 0 Å². The van der Waals surface area contributed by atoms with Gasteiger partial charge in [-0.15, -0.1) is 12.3 Å². The first kappa shape index (κ1) is 13.8. The normalized spacial score (nSPS) is 12.0. The van der Waals surface area contributed by atoms with E-state index in [-0.39, 0.29) is 0 Å². The largest absolute Gasteiger partial charge is 0.309 e. The summed E-state index contributed by atoms with van der Waals surface area (Å²) in [4.78, 5) is 0. The minimum Gasteiger partial charge on any atom is -0.309 e. The minimum atomic E-state index is 0.455. The zero-order valence-electron chi connectivity index (χ0n) is 10.8. The summed E-state index contributed by atoms with van der Waals surface area (Å²) in [5.41, 5.74) is 1.38. The number of terminal acetylenes is 1.